The molecule has 1 amide bonds. The molecule has 0 aliphatic carbocycles. The number of aliphatic hydroxyl groups is 1. The highest BCUT2D eigenvalue weighted by Crippen LogP contribution is 2.21. The van der Waals surface area contributed by atoms with Crippen molar-refractivity contribution in [1.82, 2.24) is 15.3 Å². The summed E-state index contributed by atoms with van der Waals surface area (Å²) in [6.07, 6.45) is 4.36. The van der Waals surface area contributed by atoms with Gasteiger partial charge in [0, 0.05) is 37.6 Å². The lowest BCUT2D eigenvalue weighted by Crippen LogP contribution is -2.39. The molecular weight excluding hydrogens is 344 g/mol. The van der Waals surface area contributed by atoms with Crippen LogP contribution in [-0.2, 0) is 6.54 Å². The van der Waals surface area contributed by atoms with Crippen LogP contribution in [0.25, 0.3) is 0 Å². The van der Waals surface area contributed by atoms with E-state index in [1.165, 1.54) is 12.3 Å². The van der Waals surface area contributed by atoms with Crippen molar-refractivity contribution in [2.75, 3.05) is 18.0 Å². The quantitative estimate of drug-likeness (QED) is 0.761. The van der Waals surface area contributed by atoms with Gasteiger partial charge in [-0.3, -0.25) is 9.59 Å². The highest BCUT2D eigenvalue weighted by molar-refractivity contribution is 6.30. The molecule has 0 aromatic carbocycles. The first kappa shape index (κ1) is 17.4. The summed E-state index contributed by atoms with van der Waals surface area (Å²) >= 11 is 5.75. The first-order valence-corrected chi connectivity index (χ1v) is 8.45. The Labute approximate surface area is 149 Å². The second-order valence-electron chi connectivity index (χ2n) is 5.98. The van der Waals surface area contributed by atoms with Gasteiger partial charge in [-0.05, 0) is 25.0 Å². The number of β-amino-alcohol motifs (C(OH)–C–C–N with tert-alkyl or cyclic N) is 1. The first-order valence-electron chi connectivity index (χ1n) is 8.08. The zero-order valence-electron chi connectivity index (χ0n) is 13.5. The maximum absolute atomic E-state index is 12.3. The van der Waals surface area contributed by atoms with E-state index in [4.69, 9.17) is 11.6 Å². The van der Waals surface area contributed by atoms with Crippen LogP contribution in [-0.4, -0.2) is 40.2 Å². The minimum Gasteiger partial charge on any atom is -0.391 e. The third kappa shape index (κ3) is 4.18. The molecule has 1 unspecified atom stereocenters. The number of aliphatic hydroxyl groups excluding tert-OH is 1. The number of H-pyrrole nitrogens is 1. The van der Waals surface area contributed by atoms with Crippen molar-refractivity contribution in [2.45, 2.75) is 25.5 Å². The normalized spacial score (nSPS) is 17.4. The van der Waals surface area contributed by atoms with Gasteiger partial charge in [-0.15, -0.1) is 0 Å². The molecular formula is C17H19ClN4O3. The van der Waals surface area contributed by atoms with Gasteiger partial charge < -0.3 is 20.3 Å². The molecule has 0 bridgehead atoms. The van der Waals surface area contributed by atoms with Gasteiger partial charge in [0.05, 0.1) is 11.7 Å². The minimum atomic E-state index is -0.434. The van der Waals surface area contributed by atoms with E-state index in [2.05, 4.69) is 15.3 Å². The molecule has 8 heteroatoms. The average molecular weight is 363 g/mol. The van der Waals surface area contributed by atoms with E-state index in [0.29, 0.717) is 6.54 Å². The number of carbonyl (C=O) groups excluding carboxylic acids is 1. The van der Waals surface area contributed by atoms with Crippen molar-refractivity contribution in [1.29, 1.82) is 0 Å². The number of nitrogens with one attached hydrogen (secondary N) is 2. The zero-order chi connectivity index (χ0) is 17.8. The van der Waals surface area contributed by atoms with Crippen LogP contribution in [0.5, 0.6) is 0 Å². The highest BCUT2D eigenvalue weighted by atomic mass is 35.5. The molecule has 1 fully saturated rings. The molecule has 1 aliphatic rings. The number of hydrogen-bond donors (Lipinski definition) is 3. The van der Waals surface area contributed by atoms with Gasteiger partial charge in [-0.1, -0.05) is 17.7 Å². The van der Waals surface area contributed by atoms with Crippen molar-refractivity contribution >= 4 is 23.3 Å². The summed E-state index contributed by atoms with van der Waals surface area (Å²) in [6, 6.07) is 5.03. The molecule has 2 aromatic heterocycles. The standard InChI is InChI=1S/C17H19ClN4O3/c18-14-7-12(9-21-17(14)25)16(24)20-8-11-3-1-5-19-15(11)22-6-2-4-13(23)10-22/h1,3,5,7,9,13,23H,2,4,6,8,10H2,(H,20,24)(H,21,25). The smallest absolute Gasteiger partial charge is 0.266 e. The van der Waals surface area contributed by atoms with E-state index in [0.717, 1.165) is 30.8 Å². The number of amides is 1. The Balaban J connectivity index is 1.71. The maximum Gasteiger partial charge on any atom is 0.266 e. The molecule has 1 aliphatic heterocycles. The van der Waals surface area contributed by atoms with Crippen LogP contribution in [0.3, 0.4) is 0 Å². The van der Waals surface area contributed by atoms with E-state index >= 15 is 0 Å². The zero-order valence-corrected chi connectivity index (χ0v) is 14.3. The highest BCUT2D eigenvalue weighted by Gasteiger charge is 2.21. The monoisotopic (exact) mass is 362 g/mol. The fraction of sp³-hybridized carbons (Fsp3) is 0.353. The van der Waals surface area contributed by atoms with Crippen LogP contribution in [0.2, 0.25) is 5.02 Å². The van der Waals surface area contributed by atoms with Gasteiger partial charge in [-0.2, -0.15) is 0 Å². The molecule has 0 saturated carbocycles. The number of carbonyl (C=O) groups is 1. The number of aromatic amines is 1. The summed E-state index contributed by atoms with van der Waals surface area (Å²) in [7, 11) is 0. The third-order valence-electron chi connectivity index (χ3n) is 4.12. The van der Waals surface area contributed by atoms with Gasteiger partial charge >= 0.3 is 0 Å². The number of hydrogen-bond acceptors (Lipinski definition) is 5. The molecule has 1 atom stereocenters. The van der Waals surface area contributed by atoms with E-state index in [-0.39, 0.29) is 29.1 Å². The van der Waals surface area contributed by atoms with Crippen LogP contribution < -0.4 is 15.8 Å². The largest absolute Gasteiger partial charge is 0.391 e. The SMILES string of the molecule is O=C(NCc1cccnc1N1CCCC(O)C1)c1c[nH]c(=O)c(Cl)c1. The van der Waals surface area contributed by atoms with Gasteiger partial charge in [0.1, 0.15) is 10.8 Å². The lowest BCUT2D eigenvalue weighted by molar-refractivity contribution is 0.0950. The first-order chi connectivity index (χ1) is 12.0. The maximum atomic E-state index is 12.3. The molecule has 132 valence electrons. The van der Waals surface area contributed by atoms with Crippen LogP contribution in [0, 0.1) is 0 Å². The van der Waals surface area contributed by atoms with Gasteiger partial charge in [-0.25, -0.2) is 4.98 Å². The Morgan fingerprint density at radius 3 is 3.12 bits per heavy atom. The summed E-state index contributed by atoms with van der Waals surface area (Å²) in [6.45, 7) is 1.64. The van der Waals surface area contributed by atoms with Crippen molar-refractivity contribution in [3.63, 3.8) is 0 Å². The van der Waals surface area contributed by atoms with Crippen LogP contribution >= 0.6 is 11.6 Å². The number of halogens is 1. The van der Waals surface area contributed by atoms with Gasteiger partial charge in [0.2, 0.25) is 0 Å². The number of piperidine rings is 1. The number of anilines is 1. The van der Waals surface area contributed by atoms with Crippen molar-refractivity contribution in [2.24, 2.45) is 0 Å². The second-order valence-corrected chi connectivity index (χ2v) is 6.38. The third-order valence-corrected chi connectivity index (χ3v) is 4.40. The van der Waals surface area contributed by atoms with Crippen LogP contribution in [0.4, 0.5) is 5.82 Å². The van der Waals surface area contributed by atoms with E-state index < -0.39 is 5.56 Å². The Morgan fingerprint density at radius 1 is 1.52 bits per heavy atom. The molecule has 3 heterocycles. The van der Waals surface area contributed by atoms with E-state index in [1.54, 1.807) is 6.20 Å². The van der Waals surface area contributed by atoms with Crippen LogP contribution in [0.1, 0.15) is 28.8 Å². The summed E-state index contributed by atoms with van der Waals surface area (Å²) < 4.78 is 0. The fourth-order valence-corrected chi connectivity index (χ4v) is 3.04. The molecule has 1 saturated heterocycles. The Hall–Kier alpha value is -2.38. The van der Waals surface area contributed by atoms with Gasteiger partial charge in [0.15, 0.2) is 0 Å². The number of rotatable bonds is 4. The summed E-state index contributed by atoms with van der Waals surface area (Å²) in [4.78, 5) is 32.4. The predicted molar refractivity (Wildman–Crippen MR) is 94.9 cm³/mol. The summed E-state index contributed by atoms with van der Waals surface area (Å²) in [5.74, 6) is 0.424. The Bertz CT molecular complexity index is 824. The molecule has 7 nitrogen and oxygen atoms in total. The number of aromatic nitrogens is 2. The lowest BCUT2D eigenvalue weighted by Gasteiger charge is -2.32. The van der Waals surface area contributed by atoms with E-state index in [1.807, 2.05) is 17.0 Å². The Morgan fingerprint density at radius 2 is 2.36 bits per heavy atom. The number of nitrogens with zero attached hydrogens (tertiary/aromatic N) is 2. The fourth-order valence-electron chi connectivity index (χ4n) is 2.86. The predicted octanol–water partition coefficient (Wildman–Crippen LogP) is 1.31. The molecule has 3 N–H and O–H groups in total. The van der Waals surface area contributed by atoms with Crippen LogP contribution in [0.15, 0.2) is 35.4 Å². The minimum absolute atomic E-state index is 0.0305. The molecule has 3 rings (SSSR count). The van der Waals surface area contributed by atoms with E-state index in [9.17, 15) is 14.7 Å². The summed E-state index contributed by atoms with van der Waals surface area (Å²) in [5.41, 5.74) is 0.709. The van der Waals surface area contributed by atoms with Crippen molar-refractivity contribution in [3.8, 4) is 0 Å². The Kier molecular flexibility index (Phi) is 5.35. The second kappa shape index (κ2) is 7.67. The van der Waals surface area contributed by atoms with Crippen molar-refractivity contribution in [3.05, 3.63) is 57.1 Å². The number of pyridine rings is 2. The van der Waals surface area contributed by atoms with Crippen molar-refractivity contribution < 1.29 is 9.90 Å². The summed E-state index contributed by atoms with van der Waals surface area (Å²) in [5, 5.41) is 12.6. The molecule has 0 radical (unpaired) electrons. The molecule has 2 aromatic rings. The topological polar surface area (TPSA) is 98.3 Å². The molecule has 0 spiro atoms. The van der Waals surface area contributed by atoms with Gasteiger partial charge in [0.25, 0.3) is 11.5 Å². The average Bonchev–Trinajstić information content (AvgIpc) is 2.62. The molecule has 25 heavy (non-hydrogen) atoms. The lowest BCUT2D eigenvalue weighted by atomic mass is 10.1.